The lowest BCUT2D eigenvalue weighted by atomic mass is 9.78. The molecule has 0 unspecified atom stereocenters. The average Bonchev–Trinajstić information content (AvgIpc) is 2.65. The van der Waals surface area contributed by atoms with E-state index in [9.17, 15) is 4.79 Å². The quantitative estimate of drug-likeness (QED) is 0.794. The third kappa shape index (κ3) is 3.70. The number of carbonyl (C=O) groups is 1. The van der Waals surface area contributed by atoms with Gasteiger partial charge in [-0.2, -0.15) is 0 Å². The summed E-state index contributed by atoms with van der Waals surface area (Å²) in [5.74, 6) is 0.625. The van der Waals surface area contributed by atoms with Gasteiger partial charge in [-0.3, -0.25) is 4.79 Å². The molecule has 126 valence electrons. The van der Waals surface area contributed by atoms with Gasteiger partial charge >= 0.3 is 7.12 Å². The molecular weight excluding hydrogens is 293 g/mol. The molecule has 0 aromatic heterocycles. The smallest absolute Gasteiger partial charge is 0.484 e. The van der Waals surface area contributed by atoms with Gasteiger partial charge in [-0.05, 0) is 51.7 Å². The number of hydrogen-bond donors (Lipinski definition) is 0. The molecule has 0 bridgehead atoms. The average molecular weight is 319 g/mol. The van der Waals surface area contributed by atoms with Crippen LogP contribution < -0.4 is 10.2 Å². The number of carbonyl (C=O) groups excluding carboxylic acids is 1. The van der Waals surface area contributed by atoms with Crippen LogP contribution in [-0.2, 0) is 14.1 Å². The summed E-state index contributed by atoms with van der Waals surface area (Å²) in [4.78, 5) is 13.1. The van der Waals surface area contributed by atoms with Gasteiger partial charge in [-0.15, -0.1) is 0 Å². The van der Waals surface area contributed by atoms with Crippen LogP contribution in [0.15, 0.2) is 18.2 Å². The number of rotatable bonds is 4. The van der Waals surface area contributed by atoms with Gasteiger partial charge in [0.15, 0.2) is 6.61 Å². The normalized spacial score (nSPS) is 18.8. The molecule has 0 atom stereocenters. The molecule has 0 spiro atoms. The molecule has 1 aliphatic rings. The highest BCUT2D eigenvalue weighted by atomic mass is 16.7. The van der Waals surface area contributed by atoms with Gasteiger partial charge in [-0.25, -0.2) is 0 Å². The Bertz CT molecular complexity index is 582. The van der Waals surface area contributed by atoms with E-state index in [2.05, 4.69) is 0 Å². The molecule has 1 aromatic rings. The number of nitrogens with zero attached hydrogens (tertiary/aromatic N) is 1. The van der Waals surface area contributed by atoms with Crippen molar-refractivity contribution < 1.29 is 18.8 Å². The van der Waals surface area contributed by atoms with E-state index in [1.165, 1.54) is 4.90 Å². The summed E-state index contributed by atoms with van der Waals surface area (Å²) in [5, 5.41) is 0. The Morgan fingerprint density at radius 1 is 1.17 bits per heavy atom. The molecule has 1 heterocycles. The molecule has 0 radical (unpaired) electrons. The van der Waals surface area contributed by atoms with Crippen molar-refractivity contribution in [2.45, 2.75) is 45.8 Å². The molecule has 1 aliphatic heterocycles. The SMILES string of the molecule is Cc1cc(B2OC(C)(C)C(C)(C)O2)ccc1OCC(=O)N(C)C. The van der Waals surface area contributed by atoms with E-state index in [0.717, 1.165) is 11.0 Å². The second-order valence-electron chi connectivity index (χ2n) is 7.19. The fraction of sp³-hybridized carbons (Fsp3) is 0.588. The number of hydrogen-bond acceptors (Lipinski definition) is 4. The first-order valence-corrected chi connectivity index (χ1v) is 7.82. The minimum atomic E-state index is -0.392. The topological polar surface area (TPSA) is 48.0 Å². The van der Waals surface area contributed by atoms with Crippen molar-refractivity contribution in [3.8, 4) is 5.75 Å². The standard InChI is InChI=1S/C17H26BNO4/c1-12-10-13(18-22-16(2,3)17(4,5)23-18)8-9-14(12)21-11-15(20)19(6)7/h8-10H,11H2,1-7H3. The van der Waals surface area contributed by atoms with Crippen LogP contribution >= 0.6 is 0 Å². The second-order valence-corrected chi connectivity index (χ2v) is 7.19. The monoisotopic (exact) mass is 319 g/mol. The van der Waals surface area contributed by atoms with E-state index < -0.39 is 7.12 Å². The van der Waals surface area contributed by atoms with Crippen LogP contribution in [0.5, 0.6) is 5.75 Å². The molecule has 0 aliphatic carbocycles. The third-order valence-corrected chi connectivity index (χ3v) is 4.57. The minimum Gasteiger partial charge on any atom is -0.484 e. The van der Waals surface area contributed by atoms with Crippen LogP contribution in [0, 0.1) is 6.92 Å². The van der Waals surface area contributed by atoms with Crippen LogP contribution in [0.25, 0.3) is 0 Å². The van der Waals surface area contributed by atoms with Crippen molar-refractivity contribution in [1.29, 1.82) is 0 Å². The van der Waals surface area contributed by atoms with Crippen LogP contribution in [0.1, 0.15) is 33.3 Å². The van der Waals surface area contributed by atoms with Gasteiger partial charge in [0.05, 0.1) is 11.2 Å². The molecule has 0 saturated carbocycles. The first kappa shape index (κ1) is 17.8. The molecule has 6 heteroatoms. The lowest BCUT2D eigenvalue weighted by molar-refractivity contribution is -0.130. The predicted octanol–water partition coefficient (Wildman–Crippen LogP) is 1.76. The number of ether oxygens (including phenoxy) is 1. The molecule has 1 saturated heterocycles. The number of aryl methyl sites for hydroxylation is 1. The minimum absolute atomic E-state index is 0.0314. The van der Waals surface area contributed by atoms with Gasteiger partial charge in [0.2, 0.25) is 0 Å². The molecule has 0 N–H and O–H groups in total. The van der Waals surface area contributed by atoms with E-state index in [-0.39, 0.29) is 23.7 Å². The first-order chi connectivity index (χ1) is 10.5. The number of benzene rings is 1. The van der Waals surface area contributed by atoms with E-state index in [0.29, 0.717) is 5.75 Å². The highest BCUT2D eigenvalue weighted by Crippen LogP contribution is 2.36. The van der Waals surface area contributed by atoms with Crippen molar-refractivity contribution in [2.24, 2.45) is 0 Å². The van der Waals surface area contributed by atoms with Gasteiger partial charge in [0.25, 0.3) is 5.91 Å². The van der Waals surface area contributed by atoms with Gasteiger partial charge in [-0.1, -0.05) is 12.1 Å². The van der Waals surface area contributed by atoms with Gasteiger partial charge in [0.1, 0.15) is 5.75 Å². The maximum absolute atomic E-state index is 11.6. The summed E-state index contributed by atoms with van der Waals surface area (Å²) in [6.45, 7) is 10.1. The predicted molar refractivity (Wildman–Crippen MR) is 91.1 cm³/mol. The van der Waals surface area contributed by atoms with Crippen molar-refractivity contribution in [1.82, 2.24) is 4.90 Å². The number of likely N-dealkylation sites (N-methyl/N-ethyl adjacent to an activating group) is 1. The molecule has 1 amide bonds. The maximum Gasteiger partial charge on any atom is 0.494 e. The molecule has 1 fully saturated rings. The fourth-order valence-corrected chi connectivity index (χ4v) is 2.23. The van der Waals surface area contributed by atoms with E-state index in [1.54, 1.807) is 14.1 Å². The number of amides is 1. The zero-order valence-electron chi connectivity index (χ0n) is 15.1. The van der Waals surface area contributed by atoms with Crippen molar-refractivity contribution >= 4 is 18.5 Å². The molecule has 5 nitrogen and oxygen atoms in total. The summed E-state index contributed by atoms with van der Waals surface area (Å²) in [6.07, 6.45) is 0. The van der Waals surface area contributed by atoms with Crippen molar-refractivity contribution in [3.05, 3.63) is 23.8 Å². The molecule has 23 heavy (non-hydrogen) atoms. The second kappa shape index (κ2) is 6.17. The lowest BCUT2D eigenvalue weighted by Crippen LogP contribution is -2.41. The summed E-state index contributed by atoms with van der Waals surface area (Å²) >= 11 is 0. The van der Waals surface area contributed by atoms with Crippen molar-refractivity contribution in [2.75, 3.05) is 20.7 Å². The van der Waals surface area contributed by atoms with Crippen LogP contribution in [0.4, 0.5) is 0 Å². The Labute approximate surface area is 139 Å². The van der Waals surface area contributed by atoms with E-state index in [1.807, 2.05) is 52.8 Å². The van der Waals surface area contributed by atoms with Crippen LogP contribution in [-0.4, -0.2) is 49.8 Å². The largest absolute Gasteiger partial charge is 0.494 e. The first-order valence-electron chi connectivity index (χ1n) is 7.82. The van der Waals surface area contributed by atoms with Crippen LogP contribution in [0.2, 0.25) is 0 Å². The Balaban J connectivity index is 2.10. The molecule has 1 aromatic carbocycles. The zero-order chi connectivity index (χ0) is 17.4. The highest BCUT2D eigenvalue weighted by Gasteiger charge is 2.51. The molecule has 2 rings (SSSR count). The summed E-state index contributed by atoms with van der Waals surface area (Å²) in [5.41, 5.74) is 1.17. The third-order valence-electron chi connectivity index (χ3n) is 4.57. The highest BCUT2D eigenvalue weighted by molar-refractivity contribution is 6.62. The Morgan fingerprint density at radius 3 is 2.22 bits per heavy atom. The van der Waals surface area contributed by atoms with Gasteiger partial charge in [0, 0.05) is 14.1 Å². The van der Waals surface area contributed by atoms with E-state index >= 15 is 0 Å². The Hall–Kier alpha value is -1.53. The van der Waals surface area contributed by atoms with Gasteiger partial charge < -0.3 is 18.9 Å². The summed E-state index contributed by atoms with van der Waals surface area (Å²) in [6, 6.07) is 5.76. The summed E-state index contributed by atoms with van der Waals surface area (Å²) in [7, 11) is 3.02. The van der Waals surface area contributed by atoms with E-state index in [4.69, 9.17) is 14.0 Å². The lowest BCUT2D eigenvalue weighted by Gasteiger charge is -2.32. The Kier molecular flexibility index (Phi) is 4.78. The fourth-order valence-electron chi connectivity index (χ4n) is 2.23. The maximum atomic E-state index is 11.6. The summed E-state index contributed by atoms with van der Waals surface area (Å²) < 4.78 is 17.7. The van der Waals surface area contributed by atoms with Crippen molar-refractivity contribution in [3.63, 3.8) is 0 Å². The van der Waals surface area contributed by atoms with Crippen LogP contribution in [0.3, 0.4) is 0 Å². The molecular formula is C17H26BNO4. The zero-order valence-corrected chi connectivity index (χ0v) is 15.1. The Morgan fingerprint density at radius 2 is 1.74 bits per heavy atom.